The summed E-state index contributed by atoms with van der Waals surface area (Å²) in [5.41, 5.74) is 7.54. The Kier molecular flexibility index (Phi) is 5.93. The van der Waals surface area contributed by atoms with Crippen LogP contribution in [0.5, 0.6) is 0 Å². The van der Waals surface area contributed by atoms with Gasteiger partial charge >= 0.3 is 5.97 Å². The van der Waals surface area contributed by atoms with Gasteiger partial charge in [-0.15, -0.1) is 0 Å². The molecular formula is C29H24O3S. The van der Waals surface area contributed by atoms with E-state index in [-0.39, 0.29) is 5.92 Å². The summed E-state index contributed by atoms with van der Waals surface area (Å²) in [6.45, 7) is 1.75. The van der Waals surface area contributed by atoms with E-state index in [1.165, 1.54) is 5.56 Å². The van der Waals surface area contributed by atoms with Crippen molar-refractivity contribution < 1.29 is 14.3 Å². The molecule has 1 unspecified atom stereocenters. The lowest BCUT2D eigenvalue weighted by Crippen LogP contribution is -2.11. The second-order valence-corrected chi connectivity index (χ2v) is 9.34. The van der Waals surface area contributed by atoms with Crippen LogP contribution in [-0.4, -0.2) is 16.8 Å². The Morgan fingerprint density at radius 1 is 0.848 bits per heavy atom. The molecule has 0 amide bonds. The van der Waals surface area contributed by atoms with Crippen LogP contribution in [0, 0.1) is 5.92 Å². The van der Waals surface area contributed by atoms with E-state index in [9.17, 15) is 4.79 Å². The minimum absolute atomic E-state index is 0.326. The average Bonchev–Trinajstić information content (AvgIpc) is 3.23. The number of fused-ring (bicyclic) bond motifs is 3. The first-order chi connectivity index (χ1) is 16.1. The zero-order valence-corrected chi connectivity index (χ0v) is 19.1. The summed E-state index contributed by atoms with van der Waals surface area (Å²) in [7, 11) is 0. The van der Waals surface area contributed by atoms with Crippen molar-refractivity contribution in [3.8, 4) is 22.3 Å². The average molecular weight is 453 g/mol. The molecule has 0 spiro atoms. The molecule has 3 nitrogen and oxygen atoms in total. The molecule has 0 radical (unpaired) electrons. The first-order valence-corrected chi connectivity index (χ1v) is 12.2. The fourth-order valence-corrected chi connectivity index (χ4v) is 5.10. The zero-order chi connectivity index (χ0) is 22.8. The van der Waals surface area contributed by atoms with Crippen molar-refractivity contribution in [3.05, 3.63) is 96.6 Å². The third kappa shape index (κ3) is 4.39. The minimum Gasteiger partial charge on any atom is -0.481 e. The Morgan fingerprint density at radius 2 is 1.58 bits per heavy atom. The number of carbonyl (C=O) groups is 1. The first-order valence-electron chi connectivity index (χ1n) is 11.0. The third-order valence-corrected chi connectivity index (χ3v) is 7.20. The van der Waals surface area contributed by atoms with Crippen LogP contribution >= 0.6 is 11.8 Å². The molecule has 1 N–H and O–H groups in total. The van der Waals surface area contributed by atoms with Gasteiger partial charge in [0.25, 0.3) is 0 Å². The van der Waals surface area contributed by atoms with Gasteiger partial charge in [-0.1, -0.05) is 85.8 Å². The lowest BCUT2D eigenvalue weighted by Gasteiger charge is -2.09. The predicted octanol–water partition coefficient (Wildman–Crippen LogP) is 7.87. The Morgan fingerprint density at radius 3 is 2.39 bits per heavy atom. The molecule has 33 heavy (non-hydrogen) atoms. The molecule has 0 aliphatic carbocycles. The lowest BCUT2D eigenvalue weighted by molar-refractivity contribution is -0.140. The minimum atomic E-state index is -0.740. The van der Waals surface area contributed by atoms with Crippen molar-refractivity contribution in [3.63, 3.8) is 0 Å². The summed E-state index contributed by atoms with van der Waals surface area (Å²) in [5.74, 6) is 0.364. The molecule has 5 rings (SSSR count). The maximum atomic E-state index is 11.0. The van der Waals surface area contributed by atoms with Gasteiger partial charge < -0.3 is 9.52 Å². The number of thioether (sulfide) groups is 1. The molecule has 0 aliphatic heterocycles. The van der Waals surface area contributed by atoms with Gasteiger partial charge in [0.1, 0.15) is 11.2 Å². The normalized spacial score (nSPS) is 12.3. The Labute approximate surface area is 197 Å². The standard InChI is InChI=1S/C29H24O3S/c1-19(29(30)31)17-33-18-20-12-14-21(15-13-20)22-6-4-7-23(16-22)24-9-5-10-26-25-8-2-3-11-27(25)32-28(24)26/h2-16,19H,17-18H2,1H3,(H,30,31). The van der Waals surface area contributed by atoms with Crippen LogP contribution in [0.3, 0.4) is 0 Å². The summed E-state index contributed by atoms with van der Waals surface area (Å²) in [5, 5.41) is 11.3. The molecule has 0 aliphatic rings. The van der Waals surface area contributed by atoms with Gasteiger partial charge in [-0.3, -0.25) is 4.79 Å². The second-order valence-electron chi connectivity index (χ2n) is 8.31. The summed E-state index contributed by atoms with van der Waals surface area (Å²) in [6.07, 6.45) is 0. The van der Waals surface area contributed by atoms with Gasteiger partial charge in [0.05, 0.1) is 5.92 Å². The topological polar surface area (TPSA) is 50.4 Å². The highest BCUT2D eigenvalue weighted by atomic mass is 32.2. The van der Waals surface area contributed by atoms with E-state index in [1.807, 2.05) is 18.2 Å². The maximum Gasteiger partial charge on any atom is 0.307 e. The fraction of sp³-hybridized carbons (Fsp3) is 0.138. The number of hydrogen-bond acceptors (Lipinski definition) is 3. The number of rotatable bonds is 7. The van der Waals surface area contributed by atoms with Gasteiger partial charge in [-0.25, -0.2) is 0 Å². The van der Waals surface area contributed by atoms with E-state index in [1.54, 1.807) is 18.7 Å². The molecule has 0 saturated heterocycles. The smallest absolute Gasteiger partial charge is 0.307 e. The van der Waals surface area contributed by atoms with Crippen molar-refractivity contribution in [2.45, 2.75) is 12.7 Å². The van der Waals surface area contributed by atoms with Crippen LogP contribution in [0.25, 0.3) is 44.2 Å². The number of para-hydroxylation sites is 2. The monoisotopic (exact) mass is 452 g/mol. The number of aliphatic carboxylic acids is 1. The van der Waals surface area contributed by atoms with Crippen molar-refractivity contribution in [1.29, 1.82) is 0 Å². The van der Waals surface area contributed by atoms with E-state index < -0.39 is 5.97 Å². The Hall–Kier alpha value is -3.50. The highest BCUT2D eigenvalue weighted by molar-refractivity contribution is 7.98. The highest BCUT2D eigenvalue weighted by Gasteiger charge is 2.13. The number of furan rings is 1. The largest absolute Gasteiger partial charge is 0.481 e. The summed E-state index contributed by atoms with van der Waals surface area (Å²) >= 11 is 1.66. The van der Waals surface area contributed by atoms with E-state index in [2.05, 4.69) is 72.8 Å². The molecular weight excluding hydrogens is 428 g/mol. The van der Waals surface area contributed by atoms with E-state index in [0.29, 0.717) is 5.75 Å². The highest BCUT2D eigenvalue weighted by Crippen LogP contribution is 2.36. The number of carboxylic acids is 1. The molecule has 0 saturated carbocycles. The molecule has 4 heteroatoms. The fourth-order valence-electron chi connectivity index (χ4n) is 4.06. The lowest BCUT2D eigenvalue weighted by atomic mass is 9.97. The second kappa shape index (κ2) is 9.16. The maximum absolute atomic E-state index is 11.0. The van der Waals surface area contributed by atoms with Crippen molar-refractivity contribution in [2.75, 3.05) is 5.75 Å². The molecule has 1 aromatic heterocycles. The van der Waals surface area contributed by atoms with E-state index in [4.69, 9.17) is 9.52 Å². The summed E-state index contributed by atoms with van der Waals surface area (Å²) in [4.78, 5) is 11.0. The van der Waals surface area contributed by atoms with Crippen LogP contribution < -0.4 is 0 Å². The van der Waals surface area contributed by atoms with E-state index in [0.717, 1.165) is 49.9 Å². The van der Waals surface area contributed by atoms with Crippen LogP contribution in [0.4, 0.5) is 0 Å². The van der Waals surface area contributed by atoms with Gasteiger partial charge in [0.2, 0.25) is 0 Å². The molecule has 0 bridgehead atoms. The molecule has 1 atom stereocenters. The number of benzene rings is 4. The van der Waals surface area contributed by atoms with Crippen LogP contribution in [0.15, 0.2) is 95.4 Å². The van der Waals surface area contributed by atoms with Crippen molar-refractivity contribution in [2.24, 2.45) is 5.92 Å². The molecule has 1 heterocycles. The van der Waals surface area contributed by atoms with Gasteiger partial charge in [-0.2, -0.15) is 11.8 Å². The van der Waals surface area contributed by atoms with Crippen molar-refractivity contribution >= 4 is 39.7 Å². The molecule has 0 fully saturated rings. The quantitative estimate of drug-likeness (QED) is 0.273. The van der Waals surface area contributed by atoms with Crippen molar-refractivity contribution in [1.82, 2.24) is 0 Å². The third-order valence-electron chi connectivity index (χ3n) is 5.92. The van der Waals surface area contributed by atoms with Gasteiger partial charge in [0, 0.05) is 27.8 Å². The Bertz CT molecular complexity index is 1430. The molecule has 164 valence electrons. The summed E-state index contributed by atoms with van der Waals surface area (Å²) in [6, 6.07) is 31.5. The van der Waals surface area contributed by atoms with Crippen LogP contribution in [0.1, 0.15) is 12.5 Å². The Balaban J connectivity index is 1.40. The number of hydrogen-bond donors (Lipinski definition) is 1. The zero-order valence-electron chi connectivity index (χ0n) is 18.3. The van der Waals surface area contributed by atoms with E-state index >= 15 is 0 Å². The summed E-state index contributed by atoms with van der Waals surface area (Å²) < 4.78 is 6.23. The van der Waals surface area contributed by atoms with Gasteiger partial charge in [-0.05, 0) is 34.4 Å². The SMILES string of the molecule is CC(CSCc1ccc(-c2cccc(-c3cccc4c3oc3ccccc34)c2)cc1)C(=O)O. The van der Waals surface area contributed by atoms with Crippen LogP contribution in [-0.2, 0) is 10.5 Å². The number of carboxylic acid groups (broad SMARTS) is 1. The first kappa shape index (κ1) is 21.4. The van der Waals surface area contributed by atoms with Crippen LogP contribution in [0.2, 0.25) is 0 Å². The van der Waals surface area contributed by atoms with Gasteiger partial charge in [0.15, 0.2) is 0 Å². The molecule has 5 aromatic rings. The molecule has 4 aromatic carbocycles. The predicted molar refractivity (Wildman–Crippen MR) is 138 cm³/mol.